The van der Waals surface area contributed by atoms with E-state index in [0.717, 1.165) is 22.7 Å². The van der Waals surface area contributed by atoms with Crippen LogP contribution >= 0.6 is 23.4 Å². The highest BCUT2D eigenvalue weighted by Gasteiger charge is 2.47. The number of alkyl halides is 1. The third kappa shape index (κ3) is 6.67. The van der Waals surface area contributed by atoms with E-state index in [4.69, 9.17) is 26.3 Å². The number of carbonyl (C=O) groups excluding carboxylic acids is 1. The number of rotatable bonds is 10. The van der Waals surface area contributed by atoms with Crippen LogP contribution in [0.25, 0.3) is 0 Å². The first kappa shape index (κ1) is 34.3. The van der Waals surface area contributed by atoms with Gasteiger partial charge in [0.25, 0.3) is 0 Å². The standard InChI is InChI=1S/C35H35ClF2N4O4S2/c1-20-13-14-47-32(20)33-41-31(24-11-9-22(38)16-26(24)36)30(27-12-10-23(40-27)15-21(2)37)28-17-35(3,19-42(28)33)18-39-48(44,45)29-8-6-5-7-25(29)34(43)46-4/h5-14,16,21,23,31-32,39H,1,15,17-19H2,2-4H3/t21?,23?,31-,32?,35-/m0/s1. The number of thioether (sulfide) groups is 1. The minimum absolute atomic E-state index is 0.0364. The summed E-state index contributed by atoms with van der Waals surface area (Å²) >= 11 is 8.24. The van der Waals surface area contributed by atoms with Gasteiger partial charge in [-0.1, -0.05) is 55.5 Å². The summed E-state index contributed by atoms with van der Waals surface area (Å²) in [6, 6.07) is 9.09. The van der Waals surface area contributed by atoms with Gasteiger partial charge in [-0.05, 0) is 54.7 Å². The molecule has 1 fully saturated rings. The number of methoxy groups -OCH3 is 1. The maximum absolute atomic E-state index is 14.3. The Labute approximate surface area is 288 Å². The first-order valence-corrected chi connectivity index (χ1v) is 18.2. The van der Waals surface area contributed by atoms with Crippen LogP contribution < -0.4 is 4.72 Å². The normalized spacial score (nSPS) is 25.8. The van der Waals surface area contributed by atoms with Gasteiger partial charge in [-0.2, -0.15) is 0 Å². The van der Waals surface area contributed by atoms with Crippen molar-refractivity contribution in [2.75, 3.05) is 20.2 Å². The number of halogens is 3. The third-order valence-electron chi connectivity index (χ3n) is 8.80. The van der Waals surface area contributed by atoms with Gasteiger partial charge in [-0.25, -0.2) is 26.7 Å². The highest BCUT2D eigenvalue weighted by atomic mass is 35.5. The lowest BCUT2D eigenvalue weighted by Crippen LogP contribution is -2.42. The zero-order chi connectivity index (χ0) is 34.4. The number of hydrogen-bond acceptors (Lipinski definition) is 8. The number of nitrogens with one attached hydrogen (secondary N) is 1. The number of esters is 1. The number of carbonyl (C=O) groups is 1. The second-order valence-corrected chi connectivity index (χ2v) is 15.8. The molecule has 0 radical (unpaired) electrons. The Balaban J connectivity index is 1.43. The van der Waals surface area contributed by atoms with Gasteiger partial charge in [0.2, 0.25) is 10.0 Å². The molecule has 8 nitrogen and oxygen atoms in total. The molecule has 1 saturated heterocycles. The second kappa shape index (κ2) is 13.4. The summed E-state index contributed by atoms with van der Waals surface area (Å²) in [6.45, 7) is 8.17. The maximum atomic E-state index is 14.3. The number of ether oxygens (including phenoxy) is 1. The van der Waals surface area contributed by atoms with Crippen molar-refractivity contribution in [2.45, 2.75) is 55.1 Å². The molecule has 1 N–H and O–H groups in total. The van der Waals surface area contributed by atoms with E-state index >= 15 is 0 Å². The molecule has 4 aliphatic rings. The summed E-state index contributed by atoms with van der Waals surface area (Å²) in [5, 5.41) is 1.96. The van der Waals surface area contributed by atoms with Crippen molar-refractivity contribution < 1.29 is 26.7 Å². The van der Waals surface area contributed by atoms with Gasteiger partial charge in [0.15, 0.2) is 0 Å². The number of allylic oxidation sites excluding steroid dienone is 3. The second-order valence-electron chi connectivity index (χ2n) is 12.7. The molecule has 6 rings (SSSR count). The molecule has 2 aromatic rings. The van der Waals surface area contributed by atoms with Crippen LogP contribution in [0.3, 0.4) is 0 Å². The van der Waals surface area contributed by atoms with Crippen LogP contribution in [0.15, 0.2) is 104 Å². The van der Waals surface area contributed by atoms with Crippen LogP contribution in [-0.2, 0) is 14.8 Å². The van der Waals surface area contributed by atoms with E-state index in [-0.39, 0.29) is 39.7 Å². The topological polar surface area (TPSA) is 100 Å². The van der Waals surface area contributed by atoms with E-state index in [1.54, 1.807) is 30.0 Å². The molecular formula is C35H35ClF2N4O4S2. The third-order valence-corrected chi connectivity index (χ3v) is 11.7. The molecule has 48 heavy (non-hydrogen) atoms. The summed E-state index contributed by atoms with van der Waals surface area (Å²) in [7, 11) is -2.92. The Hall–Kier alpha value is -3.58. The summed E-state index contributed by atoms with van der Waals surface area (Å²) in [5.41, 5.74) is 2.99. The molecule has 5 atom stereocenters. The fourth-order valence-corrected chi connectivity index (χ4v) is 9.14. The first-order chi connectivity index (χ1) is 22.8. The number of benzene rings is 2. The molecular weight excluding hydrogens is 678 g/mol. The molecule has 0 aliphatic carbocycles. The molecule has 0 aromatic heterocycles. The zero-order valence-corrected chi connectivity index (χ0v) is 29.0. The molecule has 3 unspecified atom stereocenters. The van der Waals surface area contributed by atoms with E-state index in [9.17, 15) is 22.0 Å². The number of fused-ring (bicyclic) bond motifs is 1. The predicted octanol–water partition coefficient (Wildman–Crippen LogP) is 6.98. The number of sulfonamides is 1. The maximum Gasteiger partial charge on any atom is 0.339 e. The highest BCUT2D eigenvalue weighted by Crippen LogP contribution is 2.49. The summed E-state index contributed by atoms with van der Waals surface area (Å²) in [5.74, 6) is -0.513. The Morgan fingerprint density at radius 1 is 1.25 bits per heavy atom. The van der Waals surface area contributed by atoms with Crippen molar-refractivity contribution in [3.05, 3.63) is 111 Å². The van der Waals surface area contributed by atoms with Gasteiger partial charge in [-0.3, -0.25) is 9.98 Å². The molecule has 0 amide bonds. The van der Waals surface area contributed by atoms with Crippen molar-refractivity contribution in [3.8, 4) is 0 Å². The lowest BCUT2D eigenvalue weighted by Gasteiger charge is -2.36. The van der Waals surface area contributed by atoms with Crippen LogP contribution in [0.5, 0.6) is 0 Å². The van der Waals surface area contributed by atoms with Gasteiger partial charge in [0.05, 0.1) is 40.7 Å². The fourth-order valence-electron chi connectivity index (χ4n) is 6.50. The average molecular weight is 713 g/mol. The molecule has 252 valence electrons. The van der Waals surface area contributed by atoms with Crippen LogP contribution in [0.4, 0.5) is 8.78 Å². The van der Waals surface area contributed by atoms with Crippen LogP contribution in [-0.4, -0.2) is 68.5 Å². The predicted molar refractivity (Wildman–Crippen MR) is 186 cm³/mol. The van der Waals surface area contributed by atoms with E-state index in [0.29, 0.717) is 24.2 Å². The van der Waals surface area contributed by atoms with Crippen molar-refractivity contribution in [2.24, 2.45) is 15.4 Å². The van der Waals surface area contributed by atoms with E-state index in [1.807, 2.05) is 30.6 Å². The lowest BCUT2D eigenvalue weighted by molar-refractivity contribution is 0.0596. The van der Waals surface area contributed by atoms with Gasteiger partial charge < -0.3 is 9.64 Å². The number of aliphatic imine (C=N–C) groups is 2. The largest absolute Gasteiger partial charge is 0.465 e. The molecule has 4 aliphatic heterocycles. The lowest BCUT2D eigenvalue weighted by atomic mass is 9.86. The molecule has 13 heteroatoms. The van der Waals surface area contributed by atoms with E-state index < -0.39 is 39.4 Å². The van der Waals surface area contributed by atoms with Gasteiger partial charge in [0, 0.05) is 46.8 Å². The smallest absolute Gasteiger partial charge is 0.339 e. The Bertz CT molecular complexity index is 1940. The molecule has 0 spiro atoms. The quantitative estimate of drug-likeness (QED) is 0.267. The van der Waals surface area contributed by atoms with Crippen molar-refractivity contribution in [1.82, 2.24) is 9.62 Å². The first-order valence-electron chi connectivity index (χ1n) is 15.4. The van der Waals surface area contributed by atoms with Crippen molar-refractivity contribution >= 4 is 50.9 Å². The van der Waals surface area contributed by atoms with Gasteiger partial charge >= 0.3 is 5.97 Å². The van der Waals surface area contributed by atoms with Gasteiger partial charge in [-0.15, -0.1) is 11.8 Å². The monoisotopic (exact) mass is 712 g/mol. The minimum Gasteiger partial charge on any atom is -0.465 e. The molecule has 4 heterocycles. The van der Waals surface area contributed by atoms with Crippen molar-refractivity contribution in [3.63, 3.8) is 0 Å². The van der Waals surface area contributed by atoms with E-state index in [1.165, 1.54) is 38.3 Å². The Kier molecular flexibility index (Phi) is 9.56. The Morgan fingerprint density at radius 2 is 2.02 bits per heavy atom. The number of hydrogen-bond donors (Lipinski definition) is 1. The van der Waals surface area contributed by atoms with Crippen molar-refractivity contribution in [1.29, 1.82) is 0 Å². The molecule has 0 bridgehead atoms. The van der Waals surface area contributed by atoms with E-state index in [2.05, 4.69) is 16.2 Å². The Morgan fingerprint density at radius 3 is 2.71 bits per heavy atom. The average Bonchev–Trinajstić information content (AvgIpc) is 3.77. The summed E-state index contributed by atoms with van der Waals surface area (Å²) in [6.07, 6.45) is 5.26. The fraction of sp³-hybridized carbons (Fsp3) is 0.343. The van der Waals surface area contributed by atoms with Crippen LogP contribution in [0, 0.1) is 11.2 Å². The minimum atomic E-state index is -4.12. The van der Waals surface area contributed by atoms with Crippen LogP contribution in [0.2, 0.25) is 5.02 Å². The summed E-state index contributed by atoms with van der Waals surface area (Å²) in [4.78, 5) is 24.5. The molecule has 0 saturated carbocycles. The van der Waals surface area contributed by atoms with Crippen LogP contribution in [0.1, 0.15) is 48.7 Å². The highest BCUT2D eigenvalue weighted by molar-refractivity contribution is 8.04. The molecule has 2 aromatic carbocycles. The summed E-state index contributed by atoms with van der Waals surface area (Å²) < 4.78 is 63.1. The number of amidine groups is 1. The number of nitrogens with zero attached hydrogens (tertiary/aromatic N) is 3. The SMILES string of the molecule is C=C1C=CSC1C1=N[C@@H](c2ccc(F)cc2Cl)C(C2=NC(CC(C)F)C=C2)=C2C[C@@](C)(CNS(=O)(=O)c3ccccc3C(=O)OC)CN12. The van der Waals surface area contributed by atoms with Gasteiger partial charge in [0.1, 0.15) is 17.7 Å². The zero-order valence-electron chi connectivity index (χ0n) is 26.6.